The van der Waals surface area contributed by atoms with Crippen LogP contribution in [0.4, 0.5) is 5.69 Å². The second-order valence-electron chi connectivity index (χ2n) is 7.10. The first-order valence-electron chi connectivity index (χ1n) is 9.66. The van der Waals surface area contributed by atoms with Gasteiger partial charge >= 0.3 is 0 Å². The van der Waals surface area contributed by atoms with E-state index in [1.807, 2.05) is 31.3 Å². The van der Waals surface area contributed by atoms with Crippen LogP contribution in [-0.4, -0.2) is 76.7 Å². The number of hydrogen-bond acceptors (Lipinski definition) is 5. The zero-order chi connectivity index (χ0) is 19.9. The zero-order valence-corrected chi connectivity index (χ0v) is 17.3. The van der Waals surface area contributed by atoms with Crippen molar-refractivity contribution in [3.63, 3.8) is 0 Å². The Morgan fingerprint density at radius 2 is 1.89 bits per heavy atom. The highest BCUT2D eigenvalue weighted by atomic mass is 16.5. The molecule has 1 fully saturated rings. The molecule has 0 amide bonds. The number of methoxy groups -OCH3 is 1. The Kier molecular flexibility index (Phi) is 6.81. The minimum Gasteiger partial charge on any atom is -0.497 e. The Hall–Kier alpha value is -2.67. The Morgan fingerprint density at radius 1 is 1.18 bits per heavy atom. The Labute approximate surface area is 167 Å². The Bertz CT molecular complexity index is 735. The predicted molar refractivity (Wildman–Crippen MR) is 113 cm³/mol. The molecule has 7 nitrogen and oxygen atoms in total. The summed E-state index contributed by atoms with van der Waals surface area (Å²) in [5, 5.41) is 3.52. The van der Waals surface area contributed by atoms with Gasteiger partial charge in [-0.3, -0.25) is 9.89 Å². The van der Waals surface area contributed by atoms with Gasteiger partial charge in [-0.25, -0.2) is 0 Å². The maximum absolute atomic E-state index is 5.60. The third-order valence-electron chi connectivity index (χ3n) is 5.18. The SMILES string of the molecule is CN=C(NCC(c1ccco1)N(C)C)N1CCN(c2ccc(OC)cc2)CC1. The van der Waals surface area contributed by atoms with Gasteiger partial charge < -0.3 is 24.3 Å². The average molecular weight is 386 g/mol. The van der Waals surface area contributed by atoms with Crippen LogP contribution in [-0.2, 0) is 0 Å². The highest BCUT2D eigenvalue weighted by Gasteiger charge is 2.22. The summed E-state index contributed by atoms with van der Waals surface area (Å²) in [5.74, 6) is 2.78. The lowest BCUT2D eigenvalue weighted by molar-refractivity contribution is 0.255. The molecule has 0 bridgehead atoms. The first-order valence-corrected chi connectivity index (χ1v) is 9.66. The number of furan rings is 1. The summed E-state index contributed by atoms with van der Waals surface area (Å²) in [5.41, 5.74) is 1.23. The van der Waals surface area contributed by atoms with Crippen molar-refractivity contribution in [3.05, 3.63) is 48.4 Å². The Morgan fingerprint density at radius 3 is 2.43 bits per heavy atom. The van der Waals surface area contributed by atoms with E-state index in [9.17, 15) is 0 Å². The minimum absolute atomic E-state index is 0.160. The number of anilines is 1. The van der Waals surface area contributed by atoms with Crippen LogP contribution in [0.1, 0.15) is 11.8 Å². The number of nitrogens with zero attached hydrogens (tertiary/aromatic N) is 4. The van der Waals surface area contributed by atoms with Gasteiger partial charge in [0.25, 0.3) is 0 Å². The lowest BCUT2D eigenvalue weighted by Crippen LogP contribution is -2.53. The van der Waals surface area contributed by atoms with Gasteiger partial charge in [-0.15, -0.1) is 0 Å². The monoisotopic (exact) mass is 385 g/mol. The van der Waals surface area contributed by atoms with Gasteiger partial charge in [0.05, 0.1) is 19.4 Å². The van der Waals surface area contributed by atoms with Crippen LogP contribution in [0.15, 0.2) is 52.1 Å². The predicted octanol–water partition coefficient (Wildman–Crippen LogP) is 2.29. The number of hydrogen-bond donors (Lipinski definition) is 1. The highest BCUT2D eigenvalue weighted by molar-refractivity contribution is 5.80. The zero-order valence-electron chi connectivity index (χ0n) is 17.3. The van der Waals surface area contributed by atoms with Crippen LogP contribution in [0.3, 0.4) is 0 Å². The molecule has 0 saturated carbocycles. The van der Waals surface area contributed by atoms with Gasteiger partial charge in [0.1, 0.15) is 11.5 Å². The molecule has 0 spiro atoms. The first-order chi connectivity index (χ1) is 13.6. The molecule has 1 aromatic carbocycles. The van der Waals surface area contributed by atoms with Crippen molar-refractivity contribution in [1.29, 1.82) is 0 Å². The van der Waals surface area contributed by atoms with E-state index in [1.54, 1.807) is 13.4 Å². The first kappa shape index (κ1) is 20.1. The number of ether oxygens (including phenoxy) is 1. The van der Waals surface area contributed by atoms with Crippen LogP contribution in [0.2, 0.25) is 0 Å². The lowest BCUT2D eigenvalue weighted by Gasteiger charge is -2.38. The fourth-order valence-corrected chi connectivity index (χ4v) is 3.51. The van der Waals surface area contributed by atoms with Gasteiger partial charge in [0.15, 0.2) is 5.96 Å². The molecule has 1 N–H and O–H groups in total. The van der Waals surface area contributed by atoms with Crippen LogP contribution in [0.5, 0.6) is 5.75 Å². The van der Waals surface area contributed by atoms with Crippen molar-refractivity contribution in [3.8, 4) is 5.75 Å². The van der Waals surface area contributed by atoms with E-state index in [0.717, 1.165) is 50.2 Å². The van der Waals surface area contributed by atoms with Crippen molar-refractivity contribution in [2.45, 2.75) is 6.04 Å². The summed E-state index contributed by atoms with van der Waals surface area (Å²) >= 11 is 0. The van der Waals surface area contributed by atoms with Crippen LogP contribution < -0.4 is 15.0 Å². The maximum Gasteiger partial charge on any atom is 0.193 e. The van der Waals surface area contributed by atoms with Crippen molar-refractivity contribution in [1.82, 2.24) is 15.1 Å². The molecule has 1 aliphatic rings. The number of nitrogens with one attached hydrogen (secondary N) is 1. The standard InChI is InChI=1S/C21H31N5O2/c1-22-21(23-16-19(24(2)3)20-6-5-15-28-20)26-13-11-25(12-14-26)17-7-9-18(27-4)10-8-17/h5-10,15,19H,11-14,16H2,1-4H3,(H,22,23). The summed E-state index contributed by atoms with van der Waals surface area (Å²) < 4.78 is 10.8. The molecular weight excluding hydrogens is 354 g/mol. The summed E-state index contributed by atoms with van der Waals surface area (Å²) in [6, 6.07) is 12.4. The quantitative estimate of drug-likeness (QED) is 0.608. The third-order valence-corrected chi connectivity index (χ3v) is 5.18. The molecular formula is C21H31N5O2. The fraction of sp³-hybridized carbons (Fsp3) is 0.476. The number of guanidine groups is 1. The molecule has 3 rings (SSSR count). The van der Waals surface area contributed by atoms with E-state index in [1.165, 1.54) is 5.69 Å². The van der Waals surface area contributed by atoms with Gasteiger partial charge in [0, 0.05) is 45.5 Å². The molecule has 7 heteroatoms. The van der Waals surface area contributed by atoms with Crippen LogP contribution in [0.25, 0.3) is 0 Å². The van der Waals surface area contributed by atoms with E-state index < -0.39 is 0 Å². The molecule has 2 aromatic rings. The number of piperazine rings is 1. The van der Waals surface area contributed by atoms with E-state index in [-0.39, 0.29) is 6.04 Å². The largest absolute Gasteiger partial charge is 0.497 e. The second kappa shape index (κ2) is 9.50. The van der Waals surface area contributed by atoms with Crippen LogP contribution >= 0.6 is 0 Å². The van der Waals surface area contributed by atoms with E-state index in [0.29, 0.717) is 0 Å². The number of benzene rings is 1. The molecule has 1 unspecified atom stereocenters. The second-order valence-corrected chi connectivity index (χ2v) is 7.10. The molecule has 0 radical (unpaired) electrons. The third kappa shape index (κ3) is 4.78. The van der Waals surface area contributed by atoms with Gasteiger partial charge in [-0.2, -0.15) is 0 Å². The van der Waals surface area contributed by atoms with Crippen LogP contribution in [0, 0.1) is 0 Å². The molecule has 2 heterocycles. The smallest absolute Gasteiger partial charge is 0.193 e. The van der Waals surface area contributed by atoms with Crippen molar-refractivity contribution in [2.24, 2.45) is 4.99 Å². The number of likely N-dealkylation sites (N-methyl/N-ethyl adjacent to an activating group) is 1. The molecule has 152 valence electrons. The lowest BCUT2D eigenvalue weighted by atomic mass is 10.2. The fourth-order valence-electron chi connectivity index (χ4n) is 3.51. The van der Waals surface area contributed by atoms with Crippen molar-refractivity contribution in [2.75, 3.05) is 65.9 Å². The van der Waals surface area contributed by atoms with E-state index in [4.69, 9.17) is 9.15 Å². The number of aliphatic imine (C=N–C) groups is 1. The number of rotatable bonds is 6. The van der Waals surface area contributed by atoms with Crippen molar-refractivity contribution < 1.29 is 9.15 Å². The molecule has 1 saturated heterocycles. The molecule has 1 aromatic heterocycles. The summed E-state index contributed by atoms with van der Waals surface area (Å²) in [4.78, 5) is 11.4. The normalized spacial score (nSPS) is 16.4. The highest BCUT2D eigenvalue weighted by Crippen LogP contribution is 2.21. The molecule has 1 atom stereocenters. The molecule has 28 heavy (non-hydrogen) atoms. The van der Waals surface area contributed by atoms with E-state index >= 15 is 0 Å². The minimum atomic E-state index is 0.160. The molecule has 1 aliphatic heterocycles. The summed E-state index contributed by atoms with van der Waals surface area (Å²) in [6.45, 7) is 4.52. The average Bonchev–Trinajstić information content (AvgIpc) is 3.25. The van der Waals surface area contributed by atoms with E-state index in [2.05, 4.69) is 51.2 Å². The van der Waals surface area contributed by atoms with Gasteiger partial charge in [-0.1, -0.05) is 0 Å². The Balaban J connectivity index is 1.54. The van der Waals surface area contributed by atoms with Gasteiger partial charge in [0.2, 0.25) is 0 Å². The van der Waals surface area contributed by atoms with Crippen molar-refractivity contribution >= 4 is 11.6 Å². The van der Waals surface area contributed by atoms with Gasteiger partial charge in [-0.05, 0) is 50.5 Å². The summed E-state index contributed by atoms with van der Waals surface area (Å²) in [6.07, 6.45) is 1.72. The summed E-state index contributed by atoms with van der Waals surface area (Å²) in [7, 11) is 7.66. The topological polar surface area (TPSA) is 56.5 Å². The maximum atomic E-state index is 5.60. The molecule has 0 aliphatic carbocycles.